The maximum atomic E-state index is 11.9. The Hall–Kier alpha value is -3.15. The second-order valence-corrected chi connectivity index (χ2v) is 4.86. The fourth-order valence-corrected chi connectivity index (χ4v) is 1.95. The smallest absolute Gasteiger partial charge is 0.322 e. The number of hydrogen-bond donors (Lipinski definition) is 3. The predicted molar refractivity (Wildman–Crippen MR) is 85.2 cm³/mol. The predicted octanol–water partition coefficient (Wildman–Crippen LogP) is 1.68. The van der Waals surface area contributed by atoms with E-state index in [4.69, 9.17) is 5.11 Å². The van der Waals surface area contributed by atoms with Crippen LogP contribution in [0.15, 0.2) is 54.6 Å². The van der Waals surface area contributed by atoms with Gasteiger partial charge < -0.3 is 15.7 Å². The van der Waals surface area contributed by atoms with Gasteiger partial charge in [0.2, 0.25) is 5.91 Å². The molecule has 2 rings (SSSR count). The molecule has 3 N–H and O–H groups in total. The summed E-state index contributed by atoms with van der Waals surface area (Å²) < 4.78 is 0. The summed E-state index contributed by atoms with van der Waals surface area (Å²) in [6.07, 6.45) is 0.266. The van der Waals surface area contributed by atoms with Gasteiger partial charge in [-0.05, 0) is 29.8 Å². The summed E-state index contributed by atoms with van der Waals surface area (Å²) in [5, 5.41) is 13.5. The maximum Gasteiger partial charge on any atom is 0.322 e. The first-order chi connectivity index (χ1) is 11.0. The van der Waals surface area contributed by atoms with Crippen LogP contribution in [0.3, 0.4) is 0 Å². The Kier molecular flexibility index (Phi) is 5.46. The molecule has 0 unspecified atom stereocenters. The average Bonchev–Trinajstić information content (AvgIpc) is 2.54. The Balaban J connectivity index is 1.90. The van der Waals surface area contributed by atoms with Crippen LogP contribution >= 0.6 is 0 Å². The third kappa shape index (κ3) is 5.28. The molecule has 0 bridgehead atoms. The molecule has 0 aromatic heterocycles. The third-order valence-corrected chi connectivity index (χ3v) is 3.04. The van der Waals surface area contributed by atoms with Crippen molar-refractivity contribution in [1.29, 1.82) is 0 Å². The number of rotatable bonds is 6. The van der Waals surface area contributed by atoms with Crippen LogP contribution in [0.5, 0.6) is 0 Å². The lowest BCUT2D eigenvalue weighted by Gasteiger charge is -2.07. The van der Waals surface area contributed by atoms with Crippen LogP contribution in [0.25, 0.3) is 0 Å². The van der Waals surface area contributed by atoms with Crippen molar-refractivity contribution in [3.63, 3.8) is 0 Å². The zero-order valence-electron chi connectivity index (χ0n) is 12.3. The standard InChI is InChI=1S/C17H16N2O4/c20-15(10-12-4-2-1-3-5-12)19-14-8-6-13(7-9-14)17(23)18-11-16(21)22/h1-9H,10-11H2,(H,18,23)(H,19,20)(H,21,22). The van der Waals surface area contributed by atoms with Crippen LogP contribution in [-0.2, 0) is 16.0 Å². The van der Waals surface area contributed by atoms with Crippen molar-refractivity contribution < 1.29 is 19.5 Å². The number of nitrogens with one attached hydrogen (secondary N) is 2. The maximum absolute atomic E-state index is 11.9. The number of carboxylic acids is 1. The molecule has 0 aliphatic carbocycles. The number of carbonyl (C=O) groups excluding carboxylic acids is 2. The van der Waals surface area contributed by atoms with Crippen LogP contribution in [0.1, 0.15) is 15.9 Å². The van der Waals surface area contributed by atoms with Gasteiger partial charge in [0.15, 0.2) is 0 Å². The second-order valence-electron chi connectivity index (χ2n) is 4.86. The summed E-state index contributed by atoms with van der Waals surface area (Å²) in [6.45, 7) is -0.436. The van der Waals surface area contributed by atoms with E-state index in [0.29, 0.717) is 11.3 Å². The summed E-state index contributed by atoms with van der Waals surface area (Å²) in [7, 11) is 0. The molecule has 2 aromatic rings. The largest absolute Gasteiger partial charge is 0.480 e. The summed E-state index contributed by atoms with van der Waals surface area (Å²) in [6, 6.07) is 15.6. The fourth-order valence-electron chi connectivity index (χ4n) is 1.95. The van der Waals surface area contributed by atoms with Crippen molar-refractivity contribution >= 4 is 23.5 Å². The van der Waals surface area contributed by atoms with E-state index < -0.39 is 18.4 Å². The zero-order valence-corrected chi connectivity index (χ0v) is 12.3. The summed E-state index contributed by atoms with van der Waals surface area (Å²) in [5.74, 6) is -1.74. The topological polar surface area (TPSA) is 95.5 Å². The Bertz CT molecular complexity index is 696. The molecule has 23 heavy (non-hydrogen) atoms. The van der Waals surface area contributed by atoms with Gasteiger partial charge in [-0.25, -0.2) is 0 Å². The lowest BCUT2D eigenvalue weighted by Crippen LogP contribution is -2.29. The number of benzene rings is 2. The van der Waals surface area contributed by atoms with Gasteiger partial charge in [-0.3, -0.25) is 14.4 Å². The van der Waals surface area contributed by atoms with E-state index in [9.17, 15) is 14.4 Å². The summed E-state index contributed by atoms with van der Waals surface area (Å²) in [4.78, 5) is 34.0. The van der Waals surface area contributed by atoms with Crippen LogP contribution in [0, 0.1) is 0 Å². The van der Waals surface area contributed by atoms with E-state index in [0.717, 1.165) is 5.56 Å². The van der Waals surface area contributed by atoms with Gasteiger partial charge in [-0.2, -0.15) is 0 Å². The van der Waals surface area contributed by atoms with Crippen molar-refractivity contribution in [2.45, 2.75) is 6.42 Å². The van der Waals surface area contributed by atoms with Gasteiger partial charge in [-0.1, -0.05) is 30.3 Å². The van der Waals surface area contributed by atoms with Gasteiger partial charge in [0.25, 0.3) is 5.91 Å². The number of amides is 2. The van der Waals surface area contributed by atoms with Gasteiger partial charge in [0.05, 0.1) is 6.42 Å². The van der Waals surface area contributed by atoms with Crippen LogP contribution in [0.2, 0.25) is 0 Å². The summed E-state index contributed by atoms with van der Waals surface area (Å²) in [5.41, 5.74) is 1.81. The van der Waals surface area contributed by atoms with E-state index in [-0.39, 0.29) is 12.3 Å². The van der Waals surface area contributed by atoms with Crippen molar-refractivity contribution in [3.05, 3.63) is 65.7 Å². The lowest BCUT2D eigenvalue weighted by molar-refractivity contribution is -0.135. The number of carboxylic acid groups (broad SMARTS) is 1. The highest BCUT2D eigenvalue weighted by molar-refractivity contribution is 5.97. The minimum Gasteiger partial charge on any atom is -0.480 e. The normalized spacial score (nSPS) is 9.91. The highest BCUT2D eigenvalue weighted by atomic mass is 16.4. The Morgan fingerprint density at radius 1 is 0.913 bits per heavy atom. The van der Waals surface area contributed by atoms with E-state index in [1.807, 2.05) is 30.3 Å². The molecule has 0 saturated heterocycles. The highest BCUT2D eigenvalue weighted by Crippen LogP contribution is 2.10. The Morgan fingerprint density at radius 2 is 1.57 bits per heavy atom. The number of hydrogen-bond acceptors (Lipinski definition) is 3. The quantitative estimate of drug-likeness (QED) is 0.756. The van der Waals surface area contributed by atoms with Crippen LogP contribution in [-0.4, -0.2) is 29.4 Å². The van der Waals surface area contributed by atoms with Crippen molar-refractivity contribution in [1.82, 2.24) is 5.32 Å². The van der Waals surface area contributed by atoms with E-state index in [1.165, 1.54) is 12.1 Å². The molecule has 0 saturated carbocycles. The molecule has 0 radical (unpaired) electrons. The monoisotopic (exact) mass is 312 g/mol. The molecule has 118 valence electrons. The van der Waals surface area contributed by atoms with Gasteiger partial charge in [0.1, 0.15) is 6.54 Å². The second kappa shape index (κ2) is 7.74. The third-order valence-electron chi connectivity index (χ3n) is 3.04. The molecular formula is C17H16N2O4. The SMILES string of the molecule is O=C(O)CNC(=O)c1ccc(NC(=O)Cc2ccccc2)cc1. The number of aliphatic carboxylic acids is 1. The van der Waals surface area contributed by atoms with Gasteiger partial charge in [-0.15, -0.1) is 0 Å². The van der Waals surface area contributed by atoms with E-state index in [1.54, 1.807) is 12.1 Å². The molecule has 0 spiro atoms. The van der Waals surface area contributed by atoms with E-state index in [2.05, 4.69) is 10.6 Å². The lowest BCUT2D eigenvalue weighted by atomic mass is 10.1. The zero-order chi connectivity index (χ0) is 16.7. The molecule has 0 atom stereocenters. The first-order valence-electron chi connectivity index (χ1n) is 6.98. The fraction of sp³-hybridized carbons (Fsp3) is 0.118. The van der Waals surface area contributed by atoms with Gasteiger partial charge in [0, 0.05) is 11.3 Å². The number of carbonyl (C=O) groups is 3. The molecule has 6 heteroatoms. The van der Waals surface area contributed by atoms with Crippen LogP contribution in [0.4, 0.5) is 5.69 Å². The highest BCUT2D eigenvalue weighted by Gasteiger charge is 2.08. The Labute approximate surface area is 133 Å². The summed E-state index contributed by atoms with van der Waals surface area (Å²) >= 11 is 0. The molecule has 6 nitrogen and oxygen atoms in total. The molecule has 0 fully saturated rings. The van der Waals surface area contributed by atoms with Gasteiger partial charge >= 0.3 is 5.97 Å². The molecule has 0 aliphatic heterocycles. The average molecular weight is 312 g/mol. The van der Waals surface area contributed by atoms with Crippen molar-refractivity contribution in [2.24, 2.45) is 0 Å². The van der Waals surface area contributed by atoms with Crippen molar-refractivity contribution in [3.8, 4) is 0 Å². The Morgan fingerprint density at radius 3 is 2.17 bits per heavy atom. The van der Waals surface area contributed by atoms with Crippen molar-refractivity contribution in [2.75, 3.05) is 11.9 Å². The first kappa shape index (κ1) is 16.2. The number of anilines is 1. The molecule has 2 amide bonds. The molecule has 0 aliphatic rings. The molecule has 2 aromatic carbocycles. The minimum atomic E-state index is -1.11. The minimum absolute atomic E-state index is 0.153. The molecular weight excluding hydrogens is 296 g/mol. The van der Waals surface area contributed by atoms with E-state index >= 15 is 0 Å². The van der Waals surface area contributed by atoms with Crippen LogP contribution < -0.4 is 10.6 Å². The molecule has 0 heterocycles. The first-order valence-corrected chi connectivity index (χ1v) is 6.98.